The molecule has 1 aliphatic rings. The summed E-state index contributed by atoms with van der Waals surface area (Å²) in [6, 6.07) is 7.67. The van der Waals surface area contributed by atoms with Crippen molar-refractivity contribution in [2.75, 3.05) is 23.3 Å². The normalized spacial score (nSPS) is 15.3. The molecular weight excluding hydrogens is 328 g/mol. The molecule has 3 aromatic rings. The summed E-state index contributed by atoms with van der Waals surface area (Å²) in [7, 11) is 0. The number of fused-ring (bicyclic) bond motifs is 1. The molecule has 4 rings (SSSR count). The third-order valence-electron chi connectivity index (χ3n) is 4.88. The molecule has 1 saturated heterocycles. The second-order valence-corrected chi connectivity index (χ2v) is 6.80. The van der Waals surface area contributed by atoms with Crippen molar-refractivity contribution in [2.45, 2.75) is 26.3 Å². The van der Waals surface area contributed by atoms with Crippen LogP contribution in [-0.4, -0.2) is 33.0 Å². The lowest BCUT2D eigenvalue weighted by molar-refractivity contribution is 0.437. The minimum absolute atomic E-state index is 0.190. The first-order chi connectivity index (χ1) is 12.7. The highest BCUT2D eigenvalue weighted by atomic mass is 16.1. The van der Waals surface area contributed by atoms with E-state index in [0.717, 1.165) is 43.4 Å². The molecule has 0 amide bonds. The van der Waals surface area contributed by atoms with Gasteiger partial charge in [-0.2, -0.15) is 0 Å². The monoisotopic (exact) mass is 350 g/mol. The van der Waals surface area contributed by atoms with Crippen LogP contribution in [0.4, 0.5) is 11.6 Å². The van der Waals surface area contributed by atoms with Gasteiger partial charge in [0, 0.05) is 25.4 Å². The molecule has 26 heavy (non-hydrogen) atoms. The zero-order valence-electron chi connectivity index (χ0n) is 14.8. The highest BCUT2D eigenvalue weighted by Crippen LogP contribution is 2.26. The summed E-state index contributed by atoms with van der Waals surface area (Å²) in [6.45, 7) is 4.73. The SMILES string of the molecule is CC1CCN(c2cc3nc[nH]c(=O)c3c(NCc3ccccn3)n2)CC1. The van der Waals surface area contributed by atoms with Gasteiger partial charge in [-0.3, -0.25) is 9.78 Å². The Balaban J connectivity index is 1.70. The van der Waals surface area contributed by atoms with Crippen molar-refractivity contribution >= 4 is 22.5 Å². The van der Waals surface area contributed by atoms with Gasteiger partial charge >= 0.3 is 0 Å². The molecule has 0 atom stereocenters. The maximum atomic E-state index is 12.3. The second-order valence-electron chi connectivity index (χ2n) is 6.80. The van der Waals surface area contributed by atoms with Crippen LogP contribution in [0.3, 0.4) is 0 Å². The molecule has 0 aliphatic carbocycles. The number of aromatic amines is 1. The molecule has 1 aliphatic heterocycles. The minimum Gasteiger partial charge on any atom is -0.364 e. The van der Waals surface area contributed by atoms with Gasteiger partial charge in [-0.25, -0.2) is 9.97 Å². The summed E-state index contributed by atoms with van der Waals surface area (Å²) in [5, 5.41) is 3.76. The highest BCUT2D eigenvalue weighted by Gasteiger charge is 2.19. The Hall–Kier alpha value is -2.96. The van der Waals surface area contributed by atoms with E-state index in [2.05, 4.69) is 32.1 Å². The summed E-state index contributed by atoms with van der Waals surface area (Å²) in [4.78, 5) is 30.7. The molecule has 0 saturated carbocycles. The zero-order chi connectivity index (χ0) is 17.9. The van der Waals surface area contributed by atoms with Crippen LogP contribution in [0.15, 0.2) is 41.6 Å². The molecule has 134 valence electrons. The number of nitrogens with one attached hydrogen (secondary N) is 2. The Morgan fingerprint density at radius 2 is 2.12 bits per heavy atom. The topological polar surface area (TPSA) is 86.8 Å². The van der Waals surface area contributed by atoms with Crippen molar-refractivity contribution in [3.8, 4) is 0 Å². The summed E-state index contributed by atoms with van der Waals surface area (Å²) in [5.74, 6) is 2.16. The fraction of sp³-hybridized carbons (Fsp3) is 0.368. The van der Waals surface area contributed by atoms with Crippen LogP contribution in [0.5, 0.6) is 0 Å². The number of H-pyrrole nitrogens is 1. The average Bonchev–Trinajstić information content (AvgIpc) is 2.67. The summed E-state index contributed by atoms with van der Waals surface area (Å²) >= 11 is 0. The van der Waals surface area contributed by atoms with E-state index < -0.39 is 0 Å². The predicted molar refractivity (Wildman–Crippen MR) is 102 cm³/mol. The Bertz CT molecular complexity index is 947. The van der Waals surface area contributed by atoms with E-state index in [4.69, 9.17) is 4.98 Å². The number of pyridine rings is 2. The van der Waals surface area contributed by atoms with Crippen LogP contribution in [0.25, 0.3) is 10.9 Å². The molecular formula is C19H22N6O. The van der Waals surface area contributed by atoms with Crippen LogP contribution in [0.2, 0.25) is 0 Å². The summed E-state index contributed by atoms with van der Waals surface area (Å²) in [5.41, 5.74) is 1.35. The molecule has 4 heterocycles. The maximum absolute atomic E-state index is 12.3. The predicted octanol–water partition coefficient (Wildman–Crippen LogP) is 2.56. The number of piperidine rings is 1. The van der Waals surface area contributed by atoms with Crippen molar-refractivity contribution in [1.29, 1.82) is 0 Å². The largest absolute Gasteiger partial charge is 0.364 e. The first-order valence-electron chi connectivity index (χ1n) is 8.98. The maximum Gasteiger partial charge on any atom is 0.262 e. The first kappa shape index (κ1) is 16.5. The Labute approximate surface area is 151 Å². The lowest BCUT2D eigenvalue weighted by Gasteiger charge is -2.31. The van der Waals surface area contributed by atoms with Crippen LogP contribution < -0.4 is 15.8 Å². The molecule has 0 radical (unpaired) electrons. The van der Waals surface area contributed by atoms with Crippen LogP contribution >= 0.6 is 0 Å². The third kappa shape index (κ3) is 3.37. The van der Waals surface area contributed by atoms with E-state index in [1.54, 1.807) is 6.20 Å². The Morgan fingerprint density at radius 3 is 2.88 bits per heavy atom. The number of hydrogen-bond acceptors (Lipinski definition) is 6. The number of hydrogen-bond donors (Lipinski definition) is 2. The van der Waals surface area contributed by atoms with Gasteiger partial charge in [0.1, 0.15) is 17.0 Å². The number of rotatable bonds is 4. The molecule has 3 aromatic heterocycles. The lowest BCUT2D eigenvalue weighted by atomic mass is 9.99. The third-order valence-corrected chi connectivity index (χ3v) is 4.88. The van der Waals surface area contributed by atoms with Crippen molar-refractivity contribution in [2.24, 2.45) is 5.92 Å². The summed E-state index contributed by atoms with van der Waals surface area (Å²) < 4.78 is 0. The van der Waals surface area contributed by atoms with E-state index in [0.29, 0.717) is 23.3 Å². The Kier molecular flexibility index (Phi) is 4.51. The van der Waals surface area contributed by atoms with Gasteiger partial charge in [-0.1, -0.05) is 13.0 Å². The van der Waals surface area contributed by atoms with Crippen molar-refractivity contribution in [1.82, 2.24) is 19.9 Å². The summed E-state index contributed by atoms with van der Waals surface area (Å²) in [6.07, 6.45) is 5.50. The first-order valence-corrected chi connectivity index (χ1v) is 8.98. The van der Waals surface area contributed by atoms with E-state index >= 15 is 0 Å². The lowest BCUT2D eigenvalue weighted by Crippen LogP contribution is -2.33. The van der Waals surface area contributed by atoms with Gasteiger partial charge in [0.25, 0.3) is 5.56 Å². The van der Waals surface area contributed by atoms with E-state index in [1.165, 1.54) is 6.33 Å². The van der Waals surface area contributed by atoms with Gasteiger partial charge in [0.2, 0.25) is 0 Å². The number of nitrogens with zero attached hydrogens (tertiary/aromatic N) is 4. The second kappa shape index (κ2) is 7.11. The van der Waals surface area contributed by atoms with Gasteiger partial charge in [-0.05, 0) is 30.9 Å². The van der Waals surface area contributed by atoms with Crippen molar-refractivity contribution < 1.29 is 0 Å². The van der Waals surface area contributed by atoms with Gasteiger partial charge in [0.05, 0.1) is 24.1 Å². The smallest absolute Gasteiger partial charge is 0.262 e. The molecule has 0 aromatic carbocycles. The molecule has 7 nitrogen and oxygen atoms in total. The molecule has 0 spiro atoms. The van der Waals surface area contributed by atoms with Crippen molar-refractivity contribution in [3.63, 3.8) is 0 Å². The van der Waals surface area contributed by atoms with E-state index in [-0.39, 0.29) is 5.56 Å². The molecule has 1 fully saturated rings. The minimum atomic E-state index is -0.190. The van der Waals surface area contributed by atoms with E-state index in [1.807, 2.05) is 24.3 Å². The molecule has 0 unspecified atom stereocenters. The molecule has 7 heteroatoms. The van der Waals surface area contributed by atoms with Crippen LogP contribution in [0.1, 0.15) is 25.5 Å². The van der Waals surface area contributed by atoms with Crippen molar-refractivity contribution in [3.05, 3.63) is 52.8 Å². The zero-order valence-corrected chi connectivity index (χ0v) is 14.8. The quantitative estimate of drug-likeness (QED) is 0.752. The fourth-order valence-electron chi connectivity index (χ4n) is 3.28. The number of aromatic nitrogens is 4. The fourth-order valence-corrected chi connectivity index (χ4v) is 3.28. The Morgan fingerprint density at radius 1 is 1.27 bits per heavy atom. The van der Waals surface area contributed by atoms with E-state index in [9.17, 15) is 4.79 Å². The van der Waals surface area contributed by atoms with Gasteiger partial charge in [-0.15, -0.1) is 0 Å². The molecule has 2 N–H and O–H groups in total. The number of anilines is 2. The van der Waals surface area contributed by atoms with Crippen LogP contribution in [-0.2, 0) is 6.54 Å². The molecule has 0 bridgehead atoms. The van der Waals surface area contributed by atoms with Gasteiger partial charge < -0.3 is 15.2 Å². The van der Waals surface area contributed by atoms with Crippen LogP contribution in [0, 0.1) is 5.92 Å². The van der Waals surface area contributed by atoms with Gasteiger partial charge in [0.15, 0.2) is 0 Å². The highest BCUT2D eigenvalue weighted by molar-refractivity contribution is 5.90. The average molecular weight is 350 g/mol. The standard InChI is InChI=1S/C19H22N6O/c1-13-5-8-25(9-6-13)16-10-15-17(19(26)23-12-22-15)18(24-16)21-11-14-4-2-3-7-20-14/h2-4,7,10,12-13H,5-6,8-9,11H2,1H3,(H,21,24)(H,22,23,26).